The lowest BCUT2D eigenvalue weighted by molar-refractivity contribution is 0.0205. The predicted octanol–water partition coefficient (Wildman–Crippen LogP) is 0.152. The Bertz CT molecular complexity index is 233. The monoisotopic (exact) mass is 164 g/mol. The van der Waals surface area contributed by atoms with Crippen molar-refractivity contribution in [3.8, 4) is 0 Å². The van der Waals surface area contributed by atoms with Crippen molar-refractivity contribution in [2.75, 3.05) is 19.7 Å². The fraction of sp³-hybridized carbons (Fsp3) is 0.500. The predicted molar refractivity (Wildman–Crippen MR) is 42.6 cm³/mol. The van der Waals surface area contributed by atoms with Crippen molar-refractivity contribution in [3.05, 3.63) is 24.3 Å². The van der Waals surface area contributed by atoms with Crippen LogP contribution < -0.4 is 5.32 Å². The highest BCUT2D eigenvalue weighted by Gasteiger charge is 2.18. The zero-order chi connectivity index (χ0) is 8.23. The van der Waals surface area contributed by atoms with Gasteiger partial charge in [-0.3, -0.25) is 0 Å². The number of rotatable bonds is 1. The first-order valence-corrected chi connectivity index (χ1v) is 3.98. The van der Waals surface area contributed by atoms with E-state index in [1.54, 1.807) is 18.5 Å². The van der Waals surface area contributed by atoms with Crippen LogP contribution in [0.1, 0.15) is 11.9 Å². The van der Waals surface area contributed by atoms with Gasteiger partial charge in [0.05, 0.1) is 6.61 Å². The van der Waals surface area contributed by atoms with Crippen LogP contribution in [0.5, 0.6) is 0 Å². The largest absolute Gasteiger partial charge is 0.367 e. The standard InChI is InChI=1S/C8H10N3O/c1-2-10-8(11-3-1)7-6-9-4-5-12-7/h1-3,7H,4-6H2. The SMILES string of the molecule is c1cnc(C2C[N]CCO2)nc1. The number of aromatic nitrogens is 2. The summed E-state index contributed by atoms with van der Waals surface area (Å²) in [6, 6.07) is 1.80. The van der Waals surface area contributed by atoms with Gasteiger partial charge < -0.3 is 4.74 Å². The Labute approximate surface area is 71.0 Å². The zero-order valence-electron chi connectivity index (χ0n) is 6.68. The summed E-state index contributed by atoms with van der Waals surface area (Å²) in [5.74, 6) is 0.737. The third-order valence-corrected chi connectivity index (χ3v) is 1.74. The van der Waals surface area contributed by atoms with Crippen molar-refractivity contribution in [2.45, 2.75) is 6.10 Å². The van der Waals surface area contributed by atoms with E-state index in [0.29, 0.717) is 13.2 Å². The smallest absolute Gasteiger partial charge is 0.158 e. The minimum absolute atomic E-state index is 0.0278. The molecule has 0 saturated carbocycles. The molecule has 1 aliphatic rings. The Morgan fingerprint density at radius 3 is 2.83 bits per heavy atom. The maximum Gasteiger partial charge on any atom is 0.158 e. The zero-order valence-corrected chi connectivity index (χ0v) is 6.68. The molecule has 1 atom stereocenters. The maximum atomic E-state index is 5.45. The van der Waals surface area contributed by atoms with Crippen LogP contribution in [0, 0.1) is 0 Å². The first-order chi connectivity index (χ1) is 5.97. The summed E-state index contributed by atoms with van der Waals surface area (Å²) in [4.78, 5) is 8.21. The van der Waals surface area contributed by atoms with E-state index in [2.05, 4.69) is 15.3 Å². The topological polar surface area (TPSA) is 49.1 Å². The van der Waals surface area contributed by atoms with E-state index < -0.39 is 0 Å². The third kappa shape index (κ3) is 1.60. The second kappa shape index (κ2) is 3.60. The summed E-state index contributed by atoms with van der Waals surface area (Å²) >= 11 is 0. The Kier molecular flexibility index (Phi) is 2.29. The van der Waals surface area contributed by atoms with Crippen LogP contribution in [0.4, 0.5) is 0 Å². The number of morpholine rings is 1. The Morgan fingerprint density at radius 2 is 2.17 bits per heavy atom. The van der Waals surface area contributed by atoms with Gasteiger partial charge in [-0.2, -0.15) is 0 Å². The highest BCUT2D eigenvalue weighted by Crippen LogP contribution is 2.13. The fourth-order valence-corrected chi connectivity index (χ4v) is 1.15. The molecule has 2 rings (SSSR count). The minimum atomic E-state index is -0.0278. The Balaban J connectivity index is 2.08. The van der Waals surface area contributed by atoms with E-state index >= 15 is 0 Å². The summed E-state index contributed by atoms with van der Waals surface area (Å²) in [7, 11) is 0. The van der Waals surface area contributed by atoms with Crippen LogP contribution in [0.25, 0.3) is 0 Å². The van der Waals surface area contributed by atoms with Crippen LogP contribution in [-0.2, 0) is 4.74 Å². The van der Waals surface area contributed by atoms with Crippen LogP contribution >= 0.6 is 0 Å². The molecule has 0 bridgehead atoms. The first-order valence-electron chi connectivity index (χ1n) is 3.98. The average molecular weight is 164 g/mol. The molecule has 63 valence electrons. The number of ether oxygens (including phenoxy) is 1. The van der Waals surface area contributed by atoms with E-state index in [-0.39, 0.29) is 6.10 Å². The molecule has 1 aliphatic heterocycles. The molecule has 4 heteroatoms. The molecule has 0 aromatic carbocycles. The van der Waals surface area contributed by atoms with Gasteiger partial charge in [0.25, 0.3) is 0 Å². The third-order valence-electron chi connectivity index (χ3n) is 1.74. The molecule has 1 aromatic heterocycles. The Hall–Kier alpha value is -1.00. The normalized spacial score (nSPS) is 23.8. The second-order valence-corrected chi connectivity index (χ2v) is 2.60. The molecular weight excluding hydrogens is 154 g/mol. The summed E-state index contributed by atoms with van der Waals surface area (Å²) in [5.41, 5.74) is 0. The summed E-state index contributed by atoms with van der Waals surface area (Å²) in [6.07, 6.45) is 3.42. The molecule has 0 spiro atoms. The Morgan fingerprint density at radius 1 is 1.33 bits per heavy atom. The number of nitrogens with zero attached hydrogens (tertiary/aromatic N) is 3. The van der Waals surface area contributed by atoms with Crippen molar-refractivity contribution < 1.29 is 4.74 Å². The lowest BCUT2D eigenvalue weighted by Gasteiger charge is -2.20. The molecule has 12 heavy (non-hydrogen) atoms. The molecule has 1 radical (unpaired) electrons. The lowest BCUT2D eigenvalue weighted by Crippen LogP contribution is -2.29. The highest BCUT2D eigenvalue weighted by atomic mass is 16.5. The summed E-state index contributed by atoms with van der Waals surface area (Å²) in [5, 5.41) is 4.23. The van der Waals surface area contributed by atoms with Crippen molar-refractivity contribution in [1.82, 2.24) is 15.3 Å². The molecule has 4 nitrogen and oxygen atoms in total. The van der Waals surface area contributed by atoms with Gasteiger partial charge in [-0.15, -0.1) is 0 Å². The van der Waals surface area contributed by atoms with Crippen molar-refractivity contribution >= 4 is 0 Å². The van der Waals surface area contributed by atoms with Crippen molar-refractivity contribution in [3.63, 3.8) is 0 Å². The van der Waals surface area contributed by atoms with Gasteiger partial charge in [0, 0.05) is 25.5 Å². The van der Waals surface area contributed by atoms with Gasteiger partial charge in [-0.05, 0) is 6.07 Å². The summed E-state index contributed by atoms with van der Waals surface area (Å²) in [6.45, 7) is 2.16. The first kappa shape index (κ1) is 7.64. The van der Waals surface area contributed by atoms with Crippen LogP contribution in [0.15, 0.2) is 18.5 Å². The molecule has 0 amide bonds. The van der Waals surface area contributed by atoms with E-state index in [0.717, 1.165) is 12.4 Å². The molecule has 1 fully saturated rings. The van der Waals surface area contributed by atoms with Gasteiger partial charge >= 0.3 is 0 Å². The van der Waals surface area contributed by atoms with Gasteiger partial charge in [-0.25, -0.2) is 15.3 Å². The van der Waals surface area contributed by atoms with E-state index in [9.17, 15) is 0 Å². The lowest BCUT2D eigenvalue weighted by atomic mass is 10.3. The van der Waals surface area contributed by atoms with Gasteiger partial charge in [-0.1, -0.05) is 0 Å². The number of hydrogen-bond donors (Lipinski definition) is 0. The fourth-order valence-electron chi connectivity index (χ4n) is 1.15. The van der Waals surface area contributed by atoms with Crippen molar-refractivity contribution in [1.29, 1.82) is 0 Å². The summed E-state index contributed by atoms with van der Waals surface area (Å²) < 4.78 is 5.45. The van der Waals surface area contributed by atoms with Crippen LogP contribution in [-0.4, -0.2) is 29.7 Å². The second-order valence-electron chi connectivity index (χ2n) is 2.60. The van der Waals surface area contributed by atoms with Crippen LogP contribution in [0.3, 0.4) is 0 Å². The molecule has 1 unspecified atom stereocenters. The highest BCUT2D eigenvalue weighted by molar-refractivity contribution is 4.94. The van der Waals surface area contributed by atoms with E-state index in [4.69, 9.17) is 4.74 Å². The molecule has 0 N–H and O–H groups in total. The molecule has 0 aliphatic carbocycles. The van der Waals surface area contributed by atoms with Gasteiger partial charge in [0.2, 0.25) is 0 Å². The molecule has 1 saturated heterocycles. The van der Waals surface area contributed by atoms with E-state index in [1.807, 2.05) is 0 Å². The molecule has 1 aromatic rings. The quantitative estimate of drug-likeness (QED) is 0.593. The molecule has 2 heterocycles. The maximum absolute atomic E-state index is 5.45. The van der Waals surface area contributed by atoms with Crippen molar-refractivity contribution in [2.24, 2.45) is 0 Å². The minimum Gasteiger partial charge on any atom is -0.367 e. The average Bonchev–Trinajstić information content (AvgIpc) is 2.21. The molecular formula is C8H10N3O. The van der Waals surface area contributed by atoms with Gasteiger partial charge in [0.1, 0.15) is 6.10 Å². The van der Waals surface area contributed by atoms with Crippen LogP contribution in [0.2, 0.25) is 0 Å². The van der Waals surface area contributed by atoms with E-state index in [1.165, 1.54) is 0 Å². The number of hydrogen-bond acceptors (Lipinski definition) is 3. The van der Waals surface area contributed by atoms with Gasteiger partial charge in [0.15, 0.2) is 5.82 Å².